The first-order valence-corrected chi connectivity index (χ1v) is 9.09. The predicted octanol–water partition coefficient (Wildman–Crippen LogP) is 4.02. The molecule has 4 rings (SSSR count). The average molecular weight is 311 g/mol. The largest absolute Gasteiger partial charge is 0.380 e. The van der Waals surface area contributed by atoms with Gasteiger partial charge in [-0.25, -0.2) is 0 Å². The highest BCUT2D eigenvalue weighted by atomic mass is 32.2. The van der Waals surface area contributed by atoms with Crippen LogP contribution >= 0.6 is 11.8 Å². The number of rotatable bonds is 3. The highest BCUT2D eigenvalue weighted by Crippen LogP contribution is 2.45. The third-order valence-electron chi connectivity index (χ3n) is 4.63. The Bertz CT molecular complexity index is 672. The van der Waals surface area contributed by atoms with Crippen molar-refractivity contribution in [3.8, 4) is 0 Å². The normalized spacial score (nSPS) is 22.6. The number of anilines is 3. The molecule has 3 N–H and O–H groups in total. The lowest BCUT2D eigenvalue weighted by atomic mass is 9.90. The van der Waals surface area contributed by atoms with Crippen molar-refractivity contribution in [1.29, 1.82) is 0 Å². The number of hydrogen-bond donors (Lipinski definition) is 3. The van der Waals surface area contributed by atoms with Crippen LogP contribution in [-0.4, -0.2) is 25.4 Å². The van der Waals surface area contributed by atoms with Gasteiger partial charge in [0.05, 0.1) is 5.69 Å². The van der Waals surface area contributed by atoms with Crippen LogP contribution in [0.4, 0.5) is 17.1 Å². The van der Waals surface area contributed by atoms with Crippen LogP contribution in [0, 0.1) is 0 Å². The van der Waals surface area contributed by atoms with Crippen molar-refractivity contribution in [3.05, 3.63) is 48.0 Å². The maximum absolute atomic E-state index is 3.76. The molecule has 0 saturated carbocycles. The summed E-state index contributed by atoms with van der Waals surface area (Å²) in [7, 11) is 0. The third-order valence-corrected chi connectivity index (χ3v) is 5.39. The summed E-state index contributed by atoms with van der Waals surface area (Å²) in [4.78, 5) is 1.34. The number of fused-ring (bicyclic) bond motifs is 3. The van der Waals surface area contributed by atoms with E-state index in [4.69, 9.17) is 0 Å². The first kappa shape index (κ1) is 14.0. The standard InChI is InChI=1S/C18H21N3S/c1-22-17-10-13(20-12-5-3-2-4-6-12)9-14-15-11-19-8-7-16(15)21-18(14)17/h2-6,9-10,15-16,19-21H,7-8,11H2,1H3/t15-,16-/m1/s1. The van der Waals surface area contributed by atoms with E-state index in [9.17, 15) is 0 Å². The zero-order valence-electron chi connectivity index (χ0n) is 12.7. The number of para-hydroxylation sites is 1. The van der Waals surface area contributed by atoms with Gasteiger partial charge >= 0.3 is 0 Å². The molecule has 2 heterocycles. The van der Waals surface area contributed by atoms with Crippen LogP contribution < -0.4 is 16.0 Å². The Kier molecular flexibility index (Phi) is 3.72. The van der Waals surface area contributed by atoms with Crippen LogP contribution in [-0.2, 0) is 0 Å². The van der Waals surface area contributed by atoms with Gasteiger partial charge in [0.2, 0.25) is 0 Å². The van der Waals surface area contributed by atoms with E-state index < -0.39 is 0 Å². The molecule has 3 nitrogen and oxygen atoms in total. The Balaban J connectivity index is 1.70. The first-order valence-electron chi connectivity index (χ1n) is 7.86. The lowest BCUT2D eigenvalue weighted by Crippen LogP contribution is -2.38. The van der Waals surface area contributed by atoms with Crippen molar-refractivity contribution >= 4 is 28.8 Å². The van der Waals surface area contributed by atoms with E-state index in [-0.39, 0.29) is 0 Å². The molecule has 2 aliphatic rings. The summed E-state index contributed by atoms with van der Waals surface area (Å²) in [6.07, 6.45) is 3.36. The van der Waals surface area contributed by atoms with Crippen LogP contribution in [0.3, 0.4) is 0 Å². The van der Waals surface area contributed by atoms with E-state index >= 15 is 0 Å². The molecule has 1 saturated heterocycles. The van der Waals surface area contributed by atoms with E-state index in [2.05, 4.69) is 58.6 Å². The van der Waals surface area contributed by atoms with Crippen molar-refractivity contribution in [2.24, 2.45) is 0 Å². The summed E-state index contributed by atoms with van der Waals surface area (Å²) >= 11 is 1.82. The highest BCUT2D eigenvalue weighted by molar-refractivity contribution is 7.98. The van der Waals surface area contributed by atoms with Gasteiger partial charge in [-0.05, 0) is 49.1 Å². The number of benzene rings is 2. The summed E-state index contributed by atoms with van der Waals surface area (Å²) in [6, 6.07) is 15.6. The second kappa shape index (κ2) is 5.86. The Hall–Kier alpha value is -1.65. The van der Waals surface area contributed by atoms with Crippen LogP contribution in [0.5, 0.6) is 0 Å². The molecular formula is C18H21N3S. The van der Waals surface area contributed by atoms with E-state index in [0.29, 0.717) is 12.0 Å². The quantitative estimate of drug-likeness (QED) is 0.748. The molecule has 22 heavy (non-hydrogen) atoms. The molecule has 2 aromatic rings. The molecule has 1 fully saturated rings. The van der Waals surface area contributed by atoms with Crippen molar-refractivity contribution in [2.45, 2.75) is 23.3 Å². The van der Waals surface area contributed by atoms with Crippen LogP contribution in [0.1, 0.15) is 17.9 Å². The molecule has 2 aromatic carbocycles. The second-order valence-electron chi connectivity index (χ2n) is 5.98. The Morgan fingerprint density at radius 3 is 2.82 bits per heavy atom. The first-order chi connectivity index (χ1) is 10.8. The molecular weight excluding hydrogens is 290 g/mol. The van der Waals surface area contributed by atoms with Crippen molar-refractivity contribution in [2.75, 3.05) is 30.0 Å². The fourth-order valence-electron chi connectivity index (χ4n) is 3.55. The zero-order chi connectivity index (χ0) is 14.9. The van der Waals surface area contributed by atoms with Gasteiger partial charge in [-0.3, -0.25) is 0 Å². The van der Waals surface area contributed by atoms with Gasteiger partial charge in [-0.1, -0.05) is 18.2 Å². The third kappa shape index (κ3) is 2.46. The summed E-state index contributed by atoms with van der Waals surface area (Å²) in [5, 5.41) is 10.8. The molecule has 0 unspecified atom stereocenters. The monoisotopic (exact) mass is 311 g/mol. The number of nitrogens with one attached hydrogen (secondary N) is 3. The Morgan fingerprint density at radius 1 is 1.14 bits per heavy atom. The molecule has 0 radical (unpaired) electrons. The topological polar surface area (TPSA) is 36.1 Å². The maximum atomic E-state index is 3.76. The van der Waals surface area contributed by atoms with Crippen LogP contribution in [0.2, 0.25) is 0 Å². The van der Waals surface area contributed by atoms with Crippen molar-refractivity contribution < 1.29 is 0 Å². The van der Waals surface area contributed by atoms with Gasteiger partial charge in [0.15, 0.2) is 0 Å². The van der Waals surface area contributed by atoms with E-state index in [1.54, 1.807) is 0 Å². The molecule has 4 heteroatoms. The number of thioether (sulfide) groups is 1. The summed E-state index contributed by atoms with van der Waals surface area (Å²) in [6.45, 7) is 2.19. The molecule has 0 spiro atoms. The minimum atomic E-state index is 0.590. The minimum absolute atomic E-state index is 0.590. The molecule has 0 aromatic heterocycles. The SMILES string of the molecule is CSc1cc(Nc2ccccc2)cc2c1N[C@@H]1CCNC[C@H]21. The molecule has 0 bridgehead atoms. The Labute approximate surface area is 135 Å². The Morgan fingerprint density at radius 2 is 2.00 bits per heavy atom. The van der Waals surface area contributed by atoms with Crippen molar-refractivity contribution in [1.82, 2.24) is 5.32 Å². The van der Waals surface area contributed by atoms with E-state index in [1.807, 2.05) is 17.8 Å². The second-order valence-corrected chi connectivity index (χ2v) is 6.83. The summed E-state index contributed by atoms with van der Waals surface area (Å²) < 4.78 is 0. The van der Waals surface area contributed by atoms with Gasteiger partial charge < -0.3 is 16.0 Å². The lowest BCUT2D eigenvalue weighted by Gasteiger charge is -2.26. The summed E-state index contributed by atoms with van der Waals surface area (Å²) in [5.74, 6) is 0.590. The van der Waals surface area contributed by atoms with Gasteiger partial charge in [0.1, 0.15) is 0 Å². The van der Waals surface area contributed by atoms with E-state index in [0.717, 1.165) is 18.8 Å². The molecule has 2 aliphatic heterocycles. The fourth-order valence-corrected chi connectivity index (χ4v) is 4.17. The van der Waals surface area contributed by atoms with E-state index in [1.165, 1.54) is 28.3 Å². The highest BCUT2D eigenvalue weighted by Gasteiger charge is 2.35. The minimum Gasteiger partial charge on any atom is -0.380 e. The molecule has 2 atom stereocenters. The van der Waals surface area contributed by atoms with Gasteiger partial charge in [0, 0.05) is 34.8 Å². The number of piperidine rings is 1. The molecule has 0 aliphatic carbocycles. The van der Waals surface area contributed by atoms with Crippen molar-refractivity contribution in [3.63, 3.8) is 0 Å². The van der Waals surface area contributed by atoms with Gasteiger partial charge in [0.25, 0.3) is 0 Å². The average Bonchev–Trinajstić information content (AvgIpc) is 2.94. The van der Waals surface area contributed by atoms with Crippen LogP contribution in [0.25, 0.3) is 0 Å². The lowest BCUT2D eigenvalue weighted by molar-refractivity contribution is 0.440. The summed E-state index contributed by atoms with van der Waals surface area (Å²) in [5.41, 5.74) is 5.13. The fraction of sp³-hybridized carbons (Fsp3) is 0.333. The van der Waals surface area contributed by atoms with Gasteiger partial charge in [-0.15, -0.1) is 11.8 Å². The van der Waals surface area contributed by atoms with Crippen LogP contribution in [0.15, 0.2) is 47.4 Å². The zero-order valence-corrected chi connectivity index (χ0v) is 13.5. The molecule has 114 valence electrons. The smallest absolute Gasteiger partial charge is 0.0518 e. The molecule has 0 amide bonds. The number of hydrogen-bond acceptors (Lipinski definition) is 4. The van der Waals surface area contributed by atoms with Gasteiger partial charge in [-0.2, -0.15) is 0 Å². The maximum Gasteiger partial charge on any atom is 0.0518 e. The predicted molar refractivity (Wildman–Crippen MR) is 95.6 cm³/mol.